The minimum atomic E-state index is 0.251. The van der Waals surface area contributed by atoms with Gasteiger partial charge in [0.05, 0.1) is 14.2 Å². The lowest BCUT2D eigenvalue weighted by atomic mass is 9.93. The fourth-order valence-corrected chi connectivity index (χ4v) is 2.98. The third-order valence-corrected chi connectivity index (χ3v) is 4.50. The van der Waals surface area contributed by atoms with Gasteiger partial charge in [0, 0.05) is 0 Å². The molecule has 0 aliphatic heterocycles. The van der Waals surface area contributed by atoms with Gasteiger partial charge in [-0.25, -0.2) is 0 Å². The van der Waals surface area contributed by atoms with Crippen LogP contribution in [0.3, 0.4) is 0 Å². The molecule has 0 bridgehead atoms. The lowest BCUT2D eigenvalue weighted by Gasteiger charge is -2.13. The SMILES string of the molecule is COc1ccc([C@@H]2C[C@]2(C)c2ccc(OC)cc2)cc1. The third-order valence-electron chi connectivity index (χ3n) is 4.50. The smallest absolute Gasteiger partial charge is 0.118 e. The Kier molecular flexibility index (Phi) is 3.17. The highest BCUT2D eigenvalue weighted by atomic mass is 16.5. The standard InChI is InChI=1S/C18H20O2/c1-18(14-6-10-16(20-3)11-7-14)12-17(18)13-4-8-15(19-2)9-5-13/h4-11,17H,12H2,1-3H3/t17-,18+/m0/s1. The minimum Gasteiger partial charge on any atom is -0.497 e. The van der Waals surface area contributed by atoms with Crippen molar-refractivity contribution in [2.45, 2.75) is 24.7 Å². The van der Waals surface area contributed by atoms with Gasteiger partial charge in [0.25, 0.3) is 0 Å². The Labute approximate surface area is 120 Å². The van der Waals surface area contributed by atoms with Crippen LogP contribution in [-0.2, 0) is 5.41 Å². The van der Waals surface area contributed by atoms with Crippen molar-refractivity contribution in [3.63, 3.8) is 0 Å². The molecule has 2 aromatic carbocycles. The van der Waals surface area contributed by atoms with E-state index in [0.29, 0.717) is 5.92 Å². The van der Waals surface area contributed by atoms with E-state index < -0.39 is 0 Å². The molecule has 2 nitrogen and oxygen atoms in total. The van der Waals surface area contributed by atoms with Crippen molar-refractivity contribution in [1.82, 2.24) is 0 Å². The molecule has 0 spiro atoms. The Morgan fingerprint density at radius 2 is 1.35 bits per heavy atom. The van der Waals surface area contributed by atoms with Crippen LogP contribution in [0.5, 0.6) is 11.5 Å². The normalized spacial score (nSPS) is 24.2. The number of hydrogen-bond donors (Lipinski definition) is 0. The fraction of sp³-hybridized carbons (Fsp3) is 0.333. The molecule has 0 saturated heterocycles. The maximum atomic E-state index is 5.23. The topological polar surface area (TPSA) is 18.5 Å². The van der Waals surface area contributed by atoms with Crippen LogP contribution in [0.15, 0.2) is 48.5 Å². The van der Waals surface area contributed by atoms with Gasteiger partial charge >= 0.3 is 0 Å². The van der Waals surface area contributed by atoms with E-state index >= 15 is 0 Å². The molecule has 0 aromatic heterocycles. The van der Waals surface area contributed by atoms with Crippen LogP contribution in [0.25, 0.3) is 0 Å². The van der Waals surface area contributed by atoms with E-state index in [2.05, 4.69) is 31.2 Å². The molecule has 104 valence electrons. The zero-order valence-electron chi connectivity index (χ0n) is 12.2. The maximum Gasteiger partial charge on any atom is 0.118 e. The summed E-state index contributed by atoms with van der Waals surface area (Å²) < 4.78 is 10.4. The van der Waals surface area contributed by atoms with Gasteiger partial charge in [0.15, 0.2) is 0 Å². The zero-order valence-corrected chi connectivity index (χ0v) is 12.2. The van der Waals surface area contributed by atoms with Gasteiger partial charge in [0.2, 0.25) is 0 Å². The number of methoxy groups -OCH3 is 2. The number of benzene rings is 2. The first kappa shape index (κ1) is 13.0. The van der Waals surface area contributed by atoms with E-state index in [1.54, 1.807) is 14.2 Å². The Bertz CT molecular complexity index is 586. The van der Waals surface area contributed by atoms with E-state index in [9.17, 15) is 0 Å². The Hall–Kier alpha value is -1.96. The van der Waals surface area contributed by atoms with E-state index in [4.69, 9.17) is 9.47 Å². The maximum absolute atomic E-state index is 5.23. The van der Waals surface area contributed by atoms with Crippen LogP contribution < -0.4 is 9.47 Å². The van der Waals surface area contributed by atoms with Crippen LogP contribution in [-0.4, -0.2) is 14.2 Å². The molecule has 0 radical (unpaired) electrons. The molecule has 1 fully saturated rings. The summed E-state index contributed by atoms with van der Waals surface area (Å²) >= 11 is 0. The third kappa shape index (κ3) is 2.15. The number of rotatable bonds is 4. The Morgan fingerprint density at radius 3 is 1.85 bits per heavy atom. The largest absolute Gasteiger partial charge is 0.497 e. The molecule has 0 unspecified atom stereocenters. The van der Waals surface area contributed by atoms with Crippen molar-refractivity contribution in [3.05, 3.63) is 59.7 Å². The summed E-state index contributed by atoms with van der Waals surface area (Å²) in [6.45, 7) is 2.34. The first-order chi connectivity index (χ1) is 9.67. The van der Waals surface area contributed by atoms with Gasteiger partial charge in [-0.15, -0.1) is 0 Å². The van der Waals surface area contributed by atoms with Crippen LogP contribution in [0.2, 0.25) is 0 Å². The van der Waals surface area contributed by atoms with E-state index in [1.807, 2.05) is 24.3 Å². The molecule has 2 heteroatoms. The average molecular weight is 268 g/mol. The Morgan fingerprint density at radius 1 is 0.850 bits per heavy atom. The lowest BCUT2D eigenvalue weighted by Crippen LogP contribution is -2.03. The molecule has 2 atom stereocenters. The predicted molar refractivity (Wildman–Crippen MR) is 80.7 cm³/mol. The lowest BCUT2D eigenvalue weighted by molar-refractivity contribution is 0.414. The molecule has 20 heavy (non-hydrogen) atoms. The van der Waals surface area contributed by atoms with Crippen molar-refractivity contribution in [3.8, 4) is 11.5 Å². The molecule has 2 aromatic rings. The molecule has 0 amide bonds. The van der Waals surface area contributed by atoms with E-state index in [1.165, 1.54) is 17.5 Å². The summed E-state index contributed by atoms with van der Waals surface area (Å²) in [4.78, 5) is 0. The van der Waals surface area contributed by atoms with Crippen molar-refractivity contribution in [1.29, 1.82) is 0 Å². The molecule has 1 aliphatic carbocycles. The van der Waals surface area contributed by atoms with Crippen molar-refractivity contribution < 1.29 is 9.47 Å². The van der Waals surface area contributed by atoms with Gasteiger partial charge < -0.3 is 9.47 Å². The molecule has 0 N–H and O–H groups in total. The summed E-state index contributed by atoms with van der Waals surface area (Å²) in [6.07, 6.45) is 1.20. The molecular formula is C18H20O2. The van der Waals surface area contributed by atoms with Crippen LogP contribution in [0, 0.1) is 0 Å². The monoisotopic (exact) mass is 268 g/mol. The van der Waals surface area contributed by atoms with Crippen LogP contribution in [0.1, 0.15) is 30.4 Å². The van der Waals surface area contributed by atoms with Gasteiger partial charge in [-0.2, -0.15) is 0 Å². The molecule has 0 heterocycles. The van der Waals surface area contributed by atoms with Gasteiger partial charge in [-0.1, -0.05) is 31.2 Å². The highest BCUT2D eigenvalue weighted by Gasteiger charge is 2.51. The van der Waals surface area contributed by atoms with Gasteiger partial charge in [0.1, 0.15) is 11.5 Å². The second kappa shape index (κ2) is 4.86. The van der Waals surface area contributed by atoms with Crippen LogP contribution in [0.4, 0.5) is 0 Å². The van der Waals surface area contributed by atoms with Crippen molar-refractivity contribution >= 4 is 0 Å². The molecular weight excluding hydrogens is 248 g/mol. The summed E-state index contributed by atoms with van der Waals surface area (Å²) in [5, 5.41) is 0. The number of hydrogen-bond acceptors (Lipinski definition) is 2. The van der Waals surface area contributed by atoms with Gasteiger partial charge in [-0.05, 0) is 53.1 Å². The quantitative estimate of drug-likeness (QED) is 0.829. The van der Waals surface area contributed by atoms with Crippen LogP contribution >= 0.6 is 0 Å². The Balaban J connectivity index is 1.80. The summed E-state index contributed by atoms with van der Waals surface area (Å²) in [5.41, 5.74) is 3.03. The zero-order chi connectivity index (χ0) is 14.2. The van der Waals surface area contributed by atoms with Crippen molar-refractivity contribution in [2.24, 2.45) is 0 Å². The molecule has 1 saturated carbocycles. The van der Waals surface area contributed by atoms with Gasteiger partial charge in [-0.3, -0.25) is 0 Å². The average Bonchev–Trinajstić information content (AvgIpc) is 3.21. The second-order valence-electron chi connectivity index (χ2n) is 5.68. The van der Waals surface area contributed by atoms with E-state index in [0.717, 1.165) is 11.5 Å². The number of ether oxygens (including phenoxy) is 2. The van der Waals surface area contributed by atoms with E-state index in [-0.39, 0.29) is 5.41 Å². The molecule has 3 rings (SSSR count). The highest BCUT2D eigenvalue weighted by Crippen LogP contribution is 2.60. The van der Waals surface area contributed by atoms with Crippen molar-refractivity contribution in [2.75, 3.05) is 14.2 Å². The highest BCUT2D eigenvalue weighted by molar-refractivity contribution is 5.44. The first-order valence-electron chi connectivity index (χ1n) is 6.96. The summed E-state index contributed by atoms with van der Waals surface area (Å²) in [7, 11) is 3.40. The first-order valence-corrected chi connectivity index (χ1v) is 6.96. The second-order valence-corrected chi connectivity index (χ2v) is 5.68. The summed E-state index contributed by atoms with van der Waals surface area (Å²) in [5.74, 6) is 2.43. The predicted octanol–water partition coefficient (Wildman–Crippen LogP) is 4.15. The molecule has 1 aliphatic rings. The minimum absolute atomic E-state index is 0.251. The summed E-state index contributed by atoms with van der Waals surface area (Å²) in [6, 6.07) is 16.9. The fourth-order valence-electron chi connectivity index (χ4n) is 2.98.